The summed E-state index contributed by atoms with van der Waals surface area (Å²) >= 11 is 2.93. The molecule has 0 saturated heterocycles. The maximum atomic E-state index is 13.9. The third-order valence-corrected chi connectivity index (χ3v) is 6.04. The summed E-state index contributed by atoms with van der Waals surface area (Å²) in [6.45, 7) is 0.365. The van der Waals surface area contributed by atoms with Crippen LogP contribution in [0.4, 0.5) is 4.39 Å². The summed E-state index contributed by atoms with van der Waals surface area (Å²) in [6.07, 6.45) is 6.66. The molecule has 4 nitrogen and oxygen atoms in total. The fraction of sp³-hybridized carbons (Fsp3) is 0.0455. The van der Waals surface area contributed by atoms with Crippen molar-refractivity contribution in [3.63, 3.8) is 0 Å². The van der Waals surface area contributed by atoms with E-state index in [4.69, 9.17) is 0 Å². The summed E-state index contributed by atoms with van der Waals surface area (Å²) in [5.41, 5.74) is 2.43. The van der Waals surface area contributed by atoms with Crippen LogP contribution in [-0.4, -0.2) is 15.9 Å². The molecule has 4 rings (SSSR count). The van der Waals surface area contributed by atoms with Gasteiger partial charge in [-0.15, -0.1) is 22.7 Å². The smallest absolute Gasteiger partial charge is 0.244 e. The van der Waals surface area contributed by atoms with Crippen molar-refractivity contribution in [1.82, 2.24) is 15.3 Å². The molecule has 0 bridgehead atoms. The number of aromatic nitrogens is 2. The standard InChI is InChI=1S/C22H16FN3OS2/c23-18-4-2-1-3-17(18)20-7-5-16(29-20)6-8-21(27)25-13-22-26-19(14-28-22)15-9-11-24-12-10-15/h1-12,14H,13H2,(H,25,27)/b8-6+. The van der Waals surface area contributed by atoms with Crippen molar-refractivity contribution in [3.8, 4) is 21.7 Å². The SMILES string of the molecule is O=C(/C=C/c1ccc(-c2ccccc2F)s1)NCc1nc(-c2ccncc2)cs1. The predicted molar refractivity (Wildman–Crippen MR) is 116 cm³/mol. The minimum Gasteiger partial charge on any atom is -0.346 e. The van der Waals surface area contributed by atoms with Crippen LogP contribution >= 0.6 is 22.7 Å². The highest BCUT2D eigenvalue weighted by atomic mass is 32.1. The van der Waals surface area contributed by atoms with Crippen LogP contribution < -0.4 is 5.32 Å². The Morgan fingerprint density at radius 2 is 1.93 bits per heavy atom. The van der Waals surface area contributed by atoms with Gasteiger partial charge in [-0.05, 0) is 36.4 Å². The largest absolute Gasteiger partial charge is 0.346 e. The number of carbonyl (C=O) groups is 1. The van der Waals surface area contributed by atoms with Gasteiger partial charge < -0.3 is 5.32 Å². The molecule has 1 amide bonds. The van der Waals surface area contributed by atoms with Crippen molar-refractivity contribution >= 4 is 34.7 Å². The van der Waals surface area contributed by atoms with Crippen LogP contribution in [0.1, 0.15) is 9.88 Å². The summed E-state index contributed by atoms with van der Waals surface area (Å²) in [7, 11) is 0. The molecule has 0 aliphatic heterocycles. The molecule has 0 aliphatic carbocycles. The van der Waals surface area contributed by atoms with E-state index in [2.05, 4.69) is 15.3 Å². The molecule has 1 aromatic carbocycles. The van der Waals surface area contributed by atoms with Crippen LogP contribution in [0, 0.1) is 5.82 Å². The van der Waals surface area contributed by atoms with Crippen molar-refractivity contribution in [3.05, 3.63) is 88.1 Å². The molecular formula is C22H16FN3OS2. The number of amides is 1. The van der Waals surface area contributed by atoms with Gasteiger partial charge in [0.1, 0.15) is 10.8 Å². The molecule has 0 aliphatic rings. The van der Waals surface area contributed by atoms with Crippen molar-refractivity contribution in [2.45, 2.75) is 6.54 Å². The monoisotopic (exact) mass is 421 g/mol. The zero-order chi connectivity index (χ0) is 20.1. The number of hydrogen-bond acceptors (Lipinski definition) is 5. The summed E-state index contributed by atoms with van der Waals surface area (Å²) in [5, 5.41) is 5.63. The number of carbonyl (C=O) groups excluding carboxylic acids is 1. The van der Waals surface area contributed by atoms with Gasteiger partial charge in [-0.1, -0.05) is 18.2 Å². The summed E-state index contributed by atoms with van der Waals surface area (Å²) < 4.78 is 13.9. The van der Waals surface area contributed by atoms with E-state index in [9.17, 15) is 9.18 Å². The van der Waals surface area contributed by atoms with Crippen LogP contribution in [0.15, 0.2) is 72.4 Å². The zero-order valence-corrected chi connectivity index (χ0v) is 16.8. The third-order valence-electron chi connectivity index (χ3n) is 4.11. The molecule has 29 heavy (non-hydrogen) atoms. The van der Waals surface area contributed by atoms with Gasteiger partial charge in [0.2, 0.25) is 5.91 Å². The molecule has 7 heteroatoms. The van der Waals surface area contributed by atoms with Gasteiger partial charge in [0.25, 0.3) is 0 Å². The minimum absolute atomic E-state index is 0.202. The number of hydrogen-bond donors (Lipinski definition) is 1. The molecule has 0 unspecified atom stereocenters. The van der Waals surface area contributed by atoms with Crippen LogP contribution in [0.5, 0.6) is 0 Å². The average molecular weight is 422 g/mol. The molecule has 0 spiro atoms. The van der Waals surface area contributed by atoms with E-state index in [-0.39, 0.29) is 11.7 Å². The van der Waals surface area contributed by atoms with E-state index in [1.54, 1.807) is 36.7 Å². The highest BCUT2D eigenvalue weighted by Gasteiger charge is 2.07. The lowest BCUT2D eigenvalue weighted by atomic mass is 10.2. The van der Waals surface area contributed by atoms with Gasteiger partial charge in [0.15, 0.2) is 0 Å². The summed E-state index contributed by atoms with van der Waals surface area (Å²) in [5.74, 6) is -0.455. The molecule has 3 aromatic heterocycles. The second-order valence-electron chi connectivity index (χ2n) is 6.10. The Kier molecular flexibility index (Phi) is 5.88. The fourth-order valence-electron chi connectivity index (χ4n) is 2.68. The summed E-state index contributed by atoms with van der Waals surface area (Å²) in [4.78, 5) is 22.4. The van der Waals surface area contributed by atoms with Gasteiger partial charge >= 0.3 is 0 Å². The van der Waals surface area contributed by atoms with Crippen molar-refractivity contribution in [2.24, 2.45) is 0 Å². The van der Waals surface area contributed by atoms with E-state index < -0.39 is 0 Å². The van der Waals surface area contributed by atoms with Gasteiger partial charge in [-0.3, -0.25) is 9.78 Å². The lowest BCUT2D eigenvalue weighted by Crippen LogP contribution is -2.20. The molecule has 4 aromatic rings. The molecule has 0 saturated carbocycles. The van der Waals surface area contributed by atoms with Gasteiger partial charge in [-0.25, -0.2) is 9.37 Å². The van der Waals surface area contributed by atoms with Crippen LogP contribution in [0.3, 0.4) is 0 Å². The molecule has 3 heterocycles. The maximum Gasteiger partial charge on any atom is 0.244 e. The zero-order valence-electron chi connectivity index (χ0n) is 15.2. The number of benzene rings is 1. The average Bonchev–Trinajstić information content (AvgIpc) is 3.41. The number of halogens is 1. The van der Waals surface area contributed by atoms with Crippen LogP contribution in [0.2, 0.25) is 0 Å². The second kappa shape index (κ2) is 8.89. The van der Waals surface area contributed by atoms with E-state index in [1.807, 2.05) is 29.6 Å². The number of pyridine rings is 1. The first kappa shape index (κ1) is 19.2. The predicted octanol–water partition coefficient (Wildman–Crippen LogP) is 5.40. The van der Waals surface area contributed by atoms with Crippen LogP contribution in [0.25, 0.3) is 27.8 Å². The normalized spacial score (nSPS) is 11.1. The molecule has 0 fully saturated rings. The van der Waals surface area contributed by atoms with Gasteiger partial charge in [0.05, 0.1) is 12.2 Å². The van der Waals surface area contributed by atoms with E-state index >= 15 is 0 Å². The lowest BCUT2D eigenvalue weighted by Gasteiger charge is -1.99. The maximum absolute atomic E-state index is 13.9. The quantitative estimate of drug-likeness (QED) is 0.424. The van der Waals surface area contributed by atoms with E-state index in [0.717, 1.165) is 26.0 Å². The Labute approximate surface area is 175 Å². The Hall–Kier alpha value is -3.16. The Morgan fingerprint density at radius 1 is 1.10 bits per heavy atom. The Bertz CT molecular complexity index is 1150. The van der Waals surface area contributed by atoms with Crippen molar-refractivity contribution in [1.29, 1.82) is 0 Å². The minimum atomic E-state index is -0.253. The first-order chi connectivity index (χ1) is 14.2. The van der Waals surface area contributed by atoms with E-state index in [0.29, 0.717) is 12.1 Å². The lowest BCUT2D eigenvalue weighted by molar-refractivity contribution is -0.116. The number of nitrogens with one attached hydrogen (secondary N) is 1. The first-order valence-electron chi connectivity index (χ1n) is 8.84. The second-order valence-corrected chi connectivity index (χ2v) is 8.15. The van der Waals surface area contributed by atoms with E-state index in [1.165, 1.54) is 34.8 Å². The molecule has 0 atom stereocenters. The number of thiophene rings is 1. The Balaban J connectivity index is 1.34. The number of nitrogens with zero attached hydrogens (tertiary/aromatic N) is 2. The van der Waals surface area contributed by atoms with Crippen molar-refractivity contribution < 1.29 is 9.18 Å². The molecular weight excluding hydrogens is 405 g/mol. The van der Waals surface area contributed by atoms with Gasteiger partial charge in [0, 0.05) is 44.7 Å². The van der Waals surface area contributed by atoms with Crippen molar-refractivity contribution in [2.75, 3.05) is 0 Å². The first-order valence-corrected chi connectivity index (χ1v) is 10.5. The Morgan fingerprint density at radius 3 is 2.76 bits per heavy atom. The summed E-state index contributed by atoms with van der Waals surface area (Å²) in [6, 6.07) is 14.2. The highest BCUT2D eigenvalue weighted by molar-refractivity contribution is 7.16. The third kappa shape index (κ3) is 4.82. The number of thiazole rings is 1. The van der Waals surface area contributed by atoms with Gasteiger partial charge in [-0.2, -0.15) is 0 Å². The fourth-order valence-corrected chi connectivity index (χ4v) is 4.36. The van der Waals surface area contributed by atoms with Crippen LogP contribution in [-0.2, 0) is 11.3 Å². The topological polar surface area (TPSA) is 54.9 Å². The number of rotatable bonds is 6. The highest BCUT2D eigenvalue weighted by Crippen LogP contribution is 2.30. The molecule has 1 N–H and O–H groups in total. The molecule has 0 radical (unpaired) electrons. The molecule has 144 valence electrons.